The molecule has 2 N–H and O–H groups in total. The van der Waals surface area contributed by atoms with E-state index in [9.17, 15) is 15.0 Å². The Hall–Kier alpha value is -4.13. The average Bonchev–Trinajstić information content (AvgIpc) is 3.23. The highest BCUT2D eigenvalue weighted by Crippen LogP contribution is 2.51. The maximum absolute atomic E-state index is 14.1. The fourth-order valence-electron chi connectivity index (χ4n) is 5.09. The molecule has 6 nitrogen and oxygen atoms in total. The molecule has 0 bridgehead atoms. The number of hydrogen-bond acceptors (Lipinski definition) is 5. The second kappa shape index (κ2) is 10.7. The quantitative estimate of drug-likeness (QED) is 0.326. The molecule has 0 fully saturated rings. The van der Waals surface area contributed by atoms with E-state index in [1.54, 1.807) is 13.8 Å². The first-order chi connectivity index (χ1) is 18.5. The van der Waals surface area contributed by atoms with E-state index in [-0.39, 0.29) is 31.3 Å². The van der Waals surface area contributed by atoms with Crippen LogP contribution >= 0.6 is 0 Å². The van der Waals surface area contributed by atoms with Gasteiger partial charge in [-0.1, -0.05) is 60.7 Å². The first-order valence-corrected chi connectivity index (χ1v) is 12.7. The predicted octanol–water partition coefficient (Wildman–Crippen LogP) is 5.16. The van der Waals surface area contributed by atoms with Gasteiger partial charge in [-0.3, -0.25) is 9.69 Å². The monoisotopic (exact) mass is 509 g/mol. The van der Waals surface area contributed by atoms with Crippen LogP contribution in [0.4, 0.5) is 5.69 Å². The van der Waals surface area contributed by atoms with Gasteiger partial charge in [-0.05, 0) is 73.0 Å². The van der Waals surface area contributed by atoms with Crippen LogP contribution in [0, 0.1) is 0 Å². The number of benzene rings is 4. The molecule has 0 saturated carbocycles. The first kappa shape index (κ1) is 25.5. The number of ether oxygens (including phenoxy) is 2. The van der Waals surface area contributed by atoms with E-state index in [4.69, 9.17) is 9.47 Å². The summed E-state index contributed by atoms with van der Waals surface area (Å²) >= 11 is 0. The van der Waals surface area contributed by atoms with Crippen LogP contribution in [0.5, 0.6) is 11.5 Å². The molecule has 0 aromatic heterocycles. The van der Waals surface area contributed by atoms with E-state index in [1.807, 2.05) is 108 Å². The minimum Gasteiger partial charge on any atom is -0.488 e. The maximum Gasteiger partial charge on any atom is 0.260 e. The Morgan fingerprint density at radius 1 is 0.684 bits per heavy atom. The molecule has 4 aromatic carbocycles. The summed E-state index contributed by atoms with van der Waals surface area (Å²) in [5.41, 5.74) is 3.11. The summed E-state index contributed by atoms with van der Waals surface area (Å²) in [5.74, 6) is 1.18. The Bertz CT molecular complexity index is 1330. The molecule has 1 aliphatic heterocycles. The summed E-state index contributed by atoms with van der Waals surface area (Å²) in [7, 11) is 0. The predicted molar refractivity (Wildman–Crippen MR) is 147 cm³/mol. The number of hydrogen-bond donors (Lipinski definition) is 2. The lowest BCUT2D eigenvalue weighted by atomic mass is 9.76. The van der Waals surface area contributed by atoms with Gasteiger partial charge >= 0.3 is 0 Å². The molecule has 194 valence electrons. The van der Waals surface area contributed by atoms with Gasteiger partial charge in [0.2, 0.25) is 0 Å². The molecule has 38 heavy (non-hydrogen) atoms. The van der Waals surface area contributed by atoms with Gasteiger partial charge < -0.3 is 19.7 Å². The van der Waals surface area contributed by atoms with Crippen molar-refractivity contribution < 1.29 is 24.5 Å². The van der Waals surface area contributed by atoms with Gasteiger partial charge in [0.05, 0.1) is 13.2 Å². The number of amides is 1. The van der Waals surface area contributed by atoms with Gasteiger partial charge in [0.1, 0.15) is 29.2 Å². The maximum atomic E-state index is 14.1. The molecule has 5 rings (SSSR count). The lowest BCUT2D eigenvalue weighted by Crippen LogP contribution is -2.46. The second-order valence-electron chi connectivity index (χ2n) is 9.50. The van der Waals surface area contributed by atoms with Crippen molar-refractivity contribution in [1.29, 1.82) is 0 Å². The molecule has 0 radical (unpaired) electrons. The number of carbonyl (C=O) groups excluding carboxylic acids is 1. The third-order valence-corrected chi connectivity index (χ3v) is 6.83. The molecule has 1 amide bonds. The van der Waals surface area contributed by atoms with Crippen LogP contribution in [-0.4, -0.2) is 41.5 Å². The molecule has 4 aromatic rings. The van der Waals surface area contributed by atoms with Crippen LogP contribution < -0.4 is 14.4 Å². The number of fused-ring (bicyclic) bond motifs is 1. The SMILES string of the molecule is CC(CO)Oc1ccc(C2(c3ccc(OC(C)CO)cc3)c3ccccc3C(=O)N2c2ccccc2)cc1. The molecule has 0 spiro atoms. The van der Waals surface area contributed by atoms with Crippen LogP contribution in [0.3, 0.4) is 0 Å². The summed E-state index contributed by atoms with van der Waals surface area (Å²) in [6, 6.07) is 32.8. The van der Waals surface area contributed by atoms with Crippen LogP contribution in [0.15, 0.2) is 103 Å². The Morgan fingerprint density at radius 2 is 1.16 bits per heavy atom. The molecular weight excluding hydrogens is 478 g/mol. The van der Waals surface area contributed by atoms with Crippen LogP contribution in [0.25, 0.3) is 0 Å². The summed E-state index contributed by atoms with van der Waals surface area (Å²) in [6.07, 6.45) is -0.670. The third-order valence-electron chi connectivity index (χ3n) is 6.83. The lowest BCUT2D eigenvalue weighted by molar-refractivity contribution is 0.0986. The minimum atomic E-state index is -0.961. The largest absolute Gasteiger partial charge is 0.488 e. The van der Waals surface area contributed by atoms with E-state index >= 15 is 0 Å². The van der Waals surface area contributed by atoms with Crippen molar-refractivity contribution in [2.24, 2.45) is 0 Å². The Labute approximate surface area is 222 Å². The number of anilines is 1. The lowest BCUT2D eigenvalue weighted by Gasteiger charge is -2.40. The molecule has 6 heteroatoms. The van der Waals surface area contributed by atoms with Crippen molar-refractivity contribution in [1.82, 2.24) is 0 Å². The number of rotatable bonds is 9. The van der Waals surface area contributed by atoms with Crippen molar-refractivity contribution >= 4 is 11.6 Å². The number of aliphatic hydroxyl groups is 2. The summed E-state index contributed by atoms with van der Waals surface area (Å²) in [5, 5.41) is 18.8. The third kappa shape index (κ3) is 4.42. The van der Waals surface area contributed by atoms with Gasteiger partial charge in [-0.15, -0.1) is 0 Å². The van der Waals surface area contributed by atoms with E-state index in [1.165, 1.54) is 0 Å². The molecule has 2 unspecified atom stereocenters. The number of carbonyl (C=O) groups is 1. The number of para-hydroxylation sites is 1. The van der Waals surface area contributed by atoms with Crippen molar-refractivity contribution in [2.45, 2.75) is 31.6 Å². The van der Waals surface area contributed by atoms with Crippen molar-refractivity contribution in [3.63, 3.8) is 0 Å². The van der Waals surface area contributed by atoms with Crippen LogP contribution in [-0.2, 0) is 5.54 Å². The second-order valence-corrected chi connectivity index (χ2v) is 9.50. The Balaban J connectivity index is 1.73. The van der Waals surface area contributed by atoms with Gasteiger partial charge in [0.15, 0.2) is 0 Å². The Kier molecular flexibility index (Phi) is 7.18. The molecule has 1 heterocycles. The normalized spacial score (nSPS) is 18.1. The minimum absolute atomic E-state index is 0.0847. The Morgan fingerprint density at radius 3 is 1.66 bits per heavy atom. The topological polar surface area (TPSA) is 79.2 Å². The zero-order chi connectivity index (χ0) is 26.7. The number of aliphatic hydroxyl groups excluding tert-OH is 2. The standard InChI is InChI=1S/C32H31NO5/c1-22(20-34)37-27-16-12-24(13-17-27)32(25-14-18-28(19-15-25)38-23(2)21-35)30-11-7-6-10-29(30)31(36)33(32)26-8-4-3-5-9-26/h3-19,22-23,34-35H,20-21H2,1-2H3. The van der Waals surface area contributed by atoms with E-state index in [0.29, 0.717) is 17.1 Å². The van der Waals surface area contributed by atoms with Gasteiger partial charge in [0.25, 0.3) is 5.91 Å². The summed E-state index contributed by atoms with van der Waals surface area (Å²) in [4.78, 5) is 15.9. The molecule has 1 aliphatic rings. The molecule has 2 atom stereocenters. The smallest absolute Gasteiger partial charge is 0.260 e. The molecule has 0 aliphatic carbocycles. The van der Waals surface area contributed by atoms with Gasteiger partial charge in [-0.25, -0.2) is 0 Å². The van der Waals surface area contributed by atoms with Gasteiger partial charge in [0, 0.05) is 11.3 Å². The van der Waals surface area contributed by atoms with Crippen LogP contribution in [0.1, 0.15) is 40.9 Å². The number of nitrogens with zero attached hydrogens (tertiary/aromatic N) is 1. The van der Waals surface area contributed by atoms with Crippen molar-refractivity contribution in [3.8, 4) is 11.5 Å². The van der Waals surface area contributed by atoms with Crippen LogP contribution in [0.2, 0.25) is 0 Å². The van der Waals surface area contributed by atoms with E-state index in [2.05, 4.69) is 0 Å². The van der Waals surface area contributed by atoms with Crippen molar-refractivity contribution in [2.75, 3.05) is 18.1 Å². The average molecular weight is 510 g/mol. The highest BCUT2D eigenvalue weighted by atomic mass is 16.5. The van der Waals surface area contributed by atoms with E-state index in [0.717, 1.165) is 22.4 Å². The fourth-order valence-corrected chi connectivity index (χ4v) is 5.09. The fraction of sp³-hybridized carbons (Fsp3) is 0.219. The molecular formula is C32H31NO5. The highest BCUT2D eigenvalue weighted by molar-refractivity contribution is 6.13. The summed E-state index contributed by atoms with van der Waals surface area (Å²) in [6.45, 7) is 3.44. The van der Waals surface area contributed by atoms with Gasteiger partial charge in [-0.2, -0.15) is 0 Å². The molecule has 0 saturated heterocycles. The highest BCUT2D eigenvalue weighted by Gasteiger charge is 2.52. The first-order valence-electron chi connectivity index (χ1n) is 12.7. The van der Waals surface area contributed by atoms with Crippen molar-refractivity contribution in [3.05, 3.63) is 125 Å². The van der Waals surface area contributed by atoms with E-state index < -0.39 is 5.54 Å². The zero-order valence-electron chi connectivity index (χ0n) is 21.5. The summed E-state index contributed by atoms with van der Waals surface area (Å²) < 4.78 is 11.6. The zero-order valence-corrected chi connectivity index (χ0v) is 21.5.